The minimum atomic E-state index is -0.876. The molecule has 0 N–H and O–H groups in total. The summed E-state index contributed by atoms with van der Waals surface area (Å²) in [4.78, 5) is 0. The van der Waals surface area contributed by atoms with E-state index in [1.807, 2.05) is 5.57 Å². The minimum absolute atomic E-state index is 0. The molecule has 0 bridgehead atoms. The van der Waals surface area contributed by atoms with Gasteiger partial charge in [-0.1, -0.05) is 94.8 Å². The van der Waals surface area contributed by atoms with Gasteiger partial charge in [0.15, 0.2) is 0 Å². The molecule has 0 aromatic rings. The topological polar surface area (TPSA) is 0 Å². The van der Waals surface area contributed by atoms with E-state index < -0.39 is 8.07 Å². The predicted molar refractivity (Wildman–Crippen MR) is 118 cm³/mol. The SMILES string of the molecule is CC1=[C-]C(C)(C)C(C)=C1C.CCC[Si]1(C2[CH-]CC3CC=CC=C32)CCC1.[Cl-].[Cl-].[Zr+4]. The van der Waals surface area contributed by atoms with Crippen LogP contribution in [0.3, 0.4) is 0 Å². The van der Waals surface area contributed by atoms with E-state index in [-0.39, 0.29) is 56.4 Å². The van der Waals surface area contributed by atoms with Gasteiger partial charge in [0, 0.05) is 8.07 Å². The van der Waals surface area contributed by atoms with Gasteiger partial charge in [0.05, 0.1) is 0 Å². The number of halogens is 2. The van der Waals surface area contributed by atoms with Gasteiger partial charge in [0.2, 0.25) is 0 Å². The zero-order chi connectivity index (χ0) is 18.9. The van der Waals surface area contributed by atoms with Crippen molar-refractivity contribution in [2.45, 2.75) is 90.9 Å². The van der Waals surface area contributed by atoms with E-state index in [9.17, 15) is 0 Å². The van der Waals surface area contributed by atoms with Crippen LogP contribution in [0.15, 0.2) is 40.5 Å². The molecular formula is C25H38Cl2SiZr. The summed E-state index contributed by atoms with van der Waals surface area (Å²) in [6.45, 7) is 13.3. The smallest absolute Gasteiger partial charge is 1.00 e. The second kappa shape index (κ2) is 12.0. The van der Waals surface area contributed by atoms with E-state index in [0.29, 0.717) is 0 Å². The van der Waals surface area contributed by atoms with E-state index in [1.54, 1.807) is 18.1 Å². The Hall–Kier alpha value is 0.640. The van der Waals surface area contributed by atoms with Crippen LogP contribution in [0.5, 0.6) is 0 Å². The molecule has 0 amide bonds. The first-order valence-electron chi connectivity index (χ1n) is 10.8. The first kappa shape index (κ1) is 29.6. The molecule has 29 heavy (non-hydrogen) atoms. The molecule has 0 radical (unpaired) electrons. The molecule has 1 saturated heterocycles. The van der Waals surface area contributed by atoms with Crippen LogP contribution in [0.4, 0.5) is 0 Å². The number of rotatable bonds is 3. The maximum Gasteiger partial charge on any atom is 4.00 e. The van der Waals surface area contributed by atoms with Gasteiger partial charge in [0.1, 0.15) is 0 Å². The first-order valence-corrected chi connectivity index (χ1v) is 13.5. The first-order chi connectivity index (χ1) is 12.3. The van der Waals surface area contributed by atoms with Gasteiger partial charge in [-0.15, -0.1) is 12.5 Å². The molecule has 4 aliphatic rings. The van der Waals surface area contributed by atoms with E-state index in [0.717, 1.165) is 11.5 Å². The Morgan fingerprint density at radius 2 is 1.83 bits per heavy atom. The maximum absolute atomic E-state index is 3.44. The number of allylic oxidation sites excluding steroid dienone is 8. The van der Waals surface area contributed by atoms with Crippen molar-refractivity contribution in [3.63, 3.8) is 0 Å². The Labute approximate surface area is 213 Å². The Kier molecular flexibility index (Phi) is 12.3. The van der Waals surface area contributed by atoms with Crippen LogP contribution in [0.25, 0.3) is 0 Å². The molecule has 1 heterocycles. The fourth-order valence-electron chi connectivity index (χ4n) is 5.58. The fraction of sp³-hybridized carbons (Fsp3) is 0.640. The van der Waals surface area contributed by atoms with Crippen molar-refractivity contribution in [1.29, 1.82) is 0 Å². The summed E-state index contributed by atoms with van der Waals surface area (Å²) < 4.78 is 0. The average Bonchev–Trinajstić information content (AvgIpc) is 3.07. The molecule has 160 valence electrons. The number of hydrogen-bond donors (Lipinski definition) is 0. The second-order valence-electron chi connectivity index (χ2n) is 9.57. The van der Waals surface area contributed by atoms with E-state index in [1.165, 1.54) is 42.4 Å². The molecule has 4 heteroatoms. The Bertz CT molecular complexity index is 668. The van der Waals surface area contributed by atoms with Crippen molar-refractivity contribution in [2.24, 2.45) is 11.3 Å². The van der Waals surface area contributed by atoms with Crippen molar-refractivity contribution < 1.29 is 51.0 Å². The summed E-state index contributed by atoms with van der Waals surface area (Å²) in [6, 6.07) is 4.83. The van der Waals surface area contributed by atoms with E-state index in [2.05, 4.69) is 72.3 Å². The van der Waals surface area contributed by atoms with Crippen LogP contribution in [0, 0.1) is 23.8 Å². The summed E-state index contributed by atoms with van der Waals surface area (Å²) in [5.74, 6) is 0.900. The van der Waals surface area contributed by atoms with E-state index in [4.69, 9.17) is 0 Å². The molecule has 1 aliphatic heterocycles. The molecule has 0 spiro atoms. The molecule has 4 rings (SSSR count). The summed E-state index contributed by atoms with van der Waals surface area (Å²) in [6.07, 6.45) is 18.9. The van der Waals surface area contributed by atoms with Crippen molar-refractivity contribution in [1.82, 2.24) is 0 Å². The molecule has 2 unspecified atom stereocenters. The number of fused-ring (bicyclic) bond motifs is 1. The largest absolute Gasteiger partial charge is 4.00 e. The molecule has 1 saturated carbocycles. The molecular weight excluding hydrogens is 490 g/mol. The third-order valence-corrected chi connectivity index (χ3v) is 13.7. The molecule has 2 atom stereocenters. The van der Waals surface area contributed by atoms with Crippen LogP contribution in [0.1, 0.15) is 67.2 Å². The number of hydrogen-bond acceptors (Lipinski definition) is 0. The van der Waals surface area contributed by atoms with Gasteiger partial charge in [-0.2, -0.15) is 17.6 Å². The average molecular weight is 529 g/mol. The van der Waals surface area contributed by atoms with E-state index >= 15 is 0 Å². The zero-order valence-corrected chi connectivity index (χ0v) is 24.1. The molecule has 0 nitrogen and oxygen atoms in total. The quantitative estimate of drug-likeness (QED) is 0.388. The van der Waals surface area contributed by atoms with Crippen LogP contribution in [0.2, 0.25) is 23.7 Å². The Morgan fingerprint density at radius 1 is 1.17 bits per heavy atom. The summed E-state index contributed by atoms with van der Waals surface area (Å²) in [5.41, 5.74) is 7.20. The van der Waals surface area contributed by atoms with Crippen molar-refractivity contribution in [2.75, 3.05) is 0 Å². The monoisotopic (exact) mass is 526 g/mol. The van der Waals surface area contributed by atoms with Gasteiger partial charge in [-0.25, -0.2) is 5.57 Å². The molecule has 0 aromatic heterocycles. The van der Waals surface area contributed by atoms with Gasteiger partial charge < -0.3 is 31.2 Å². The maximum atomic E-state index is 3.44. The van der Waals surface area contributed by atoms with Gasteiger partial charge in [-0.05, 0) is 12.3 Å². The third kappa shape index (κ3) is 6.12. The van der Waals surface area contributed by atoms with Gasteiger partial charge in [-0.3, -0.25) is 6.08 Å². The Morgan fingerprint density at radius 3 is 2.24 bits per heavy atom. The zero-order valence-electron chi connectivity index (χ0n) is 19.2. The normalized spacial score (nSPS) is 27.7. The van der Waals surface area contributed by atoms with Crippen LogP contribution in [-0.2, 0) is 26.2 Å². The summed E-state index contributed by atoms with van der Waals surface area (Å²) in [5, 5.41) is 0. The van der Waals surface area contributed by atoms with Gasteiger partial charge >= 0.3 is 26.2 Å². The molecule has 2 fully saturated rings. The van der Waals surface area contributed by atoms with Crippen molar-refractivity contribution in [3.8, 4) is 0 Å². The standard InChI is InChI=1S/C15H23Si.C10H15.2ClH.Zr/c1-2-10-16(11-5-12-16)15-9-8-13-6-3-4-7-14(13)15;1-7-6-10(4,5)9(3)8(7)2;;;/h3-4,7,9,13,15H,2,5-6,8,10-12H2,1H3;1-5H3;2*1H;/q2*-1;;;+4/p-2. The second-order valence-corrected chi connectivity index (χ2v) is 14.4. The summed E-state index contributed by atoms with van der Waals surface area (Å²) >= 11 is 0. The van der Waals surface area contributed by atoms with Crippen molar-refractivity contribution >= 4 is 8.07 Å². The molecule has 0 aromatic carbocycles. The van der Waals surface area contributed by atoms with Gasteiger partial charge in [0.25, 0.3) is 0 Å². The third-order valence-electron chi connectivity index (χ3n) is 7.65. The van der Waals surface area contributed by atoms with Crippen LogP contribution >= 0.6 is 0 Å². The van der Waals surface area contributed by atoms with Crippen molar-refractivity contribution in [3.05, 3.63) is 53.0 Å². The Balaban J connectivity index is 0.000000535. The fourth-order valence-corrected chi connectivity index (χ4v) is 10.9. The summed E-state index contributed by atoms with van der Waals surface area (Å²) in [7, 11) is -0.876. The predicted octanol–water partition coefficient (Wildman–Crippen LogP) is 1.85. The molecule has 3 aliphatic carbocycles. The van der Waals surface area contributed by atoms with Crippen LogP contribution in [-0.4, -0.2) is 8.07 Å². The van der Waals surface area contributed by atoms with Crippen LogP contribution < -0.4 is 24.8 Å². The minimum Gasteiger partial charge on any atom is -1.00 e.